The minimum absolute atomic E-state index is 0.00383. The zero-order chi connectivity index (χ0) is 17.7. The first-order chi connectivity index (χ1) is 12.0. The lowest BCUT2D eigenvalue weighted by atomic mass is 10.0. The summed E-state index contributed by atoms with van der Waals surface area (Å²) < 4.78 is 16.7. The average Bonchev–Trinajstić information content (AvgIpc) is 3.20. The van der Waals surface area contributed by atoms with Crippen LogP contribution in [0.15, 0.2) is 24.8 Å². The predicted octanol–water partition coefficient (Wildman–Crippen LogP) is 3.10. The van der Waals surface area contributed by atoms with E-state index in [1.807, 2.05) is 6.92 Å². The molecule has 3 aromatic heterocycles. The largest absolute Gasteiger partial charge is 0.382 e. The van der Waals surface area contributed by atoms with Gasteiger partial charge in [0.15, 0.2) is 11.5 Å². The number of nitrogen functional groups attached to an aromatic ring is 1. The molecule has 0 saturated carbocycles. The number of anilines is 2. The molecule has 9 heteroatoms. The number of aromatic nitrogens is 5. The molecule has 128 valence electrons. The standard InChI is InChI=1S/C16H15ClFN7/c1-3-24(2)16-14(18)13(17)12(8-4-21-23-15(8)16)9-6-25-7-10(19)22-11(25)5-20-9/h4-7H,3,19H2,1-2H3,(H,21,23). The Labute approximate surface area is 147 Å². The van der Waals surface area contributed by atoms with Crippen LogP contribution in [0.1, 0.15) is 6.92 Å². The molecule has 0 saturated heterocycles. The summed E-state index contributed by atoms with van der Waals surface area (Å²) in [6.07, 6.45) is 6.57. The SMILES string of the molecule is CCN(C)c1c(F)c(Cl)c(-c2cn3cc(N)nc3cn2)c2cn[nH]c12. The maximum Gasteiger partial charge on any atom is 0.167 e. The zero-order valence-corrected chi connectivity index (χ0v) is 14.3. The molecule has 0 aliphatic carbocycles. The van der Waals surface area contributed by atoms with Crippen LogP contribution in [0.4, 0.5) is 15.9 Å². The van der Waals surface area contributed by atoms with Gasteiger partial charge in [-0.15, -0.1) is 0 Å². The van der Waals surface area contributed by atoms with Gasteiger partial charge in [-0.25, -0.2) is 9.37 Å². The highest BCUT2D eigenvalue weighted by molar-refractivity contribution is 6.35. The number of hydrogen-bond acceptors (Lipinski definition) is 5. The molecular weight excluding hydrogens is 345 g/mol. The van der Waals surface area contributed by atoms with Crippen molar-refractivity contribution >= 4 is 39.7 Å². The topological polar surface area (TPSA) is 88.1 Å². The third-order valence-corrected chi connectivity index (χ3v) is 4.59. The summed E-state index contributed by atoms with van der Waals surface area (Å²) >= 11 is 6.39. The molecule has 0 spiro atoms. The normalized spacial score (nSPS) is 11.5. The van der Waals surface area contributed by atoms with E-state index in [9.17, 15) is 0 Å². The second-order valence-electron chi connectivity index (χ2n) is 5.73. The molecule has 0 radical (unpaired) electrons. The molecular formula is C16H15ClFN7. The Balaban J connectivity index is 2.04. The van der Waals surface area contributed by atoms with E-state index in [1.54, 1.807) is 41.1 Å². The minimum Gasteiger partial charge on any atom is -0.382 e. The number of imidazole rings is 1. The lowest BCUT2D eigenvalue weighted by Gasteiger charge is -2.20. The van der Waals surface area contributed by atoms with Crippen LogP contribution in [0.3, 0.4) is 0 Å². The number of fused-ring (bicyclic) bond motifs is 2. The number of nitrogens with one attached hydrogen (secondary N) is 1. The van der Waals surface area contributed by atoms with E-state index in [-0.39, 0.29) is 5.02 Å². The number of rotatable bonds is 3. The van der Waals surface area contributed by atoms with Crippen molar-refractivity contribution in [2.45, 2.75) is 6.92 Å². The van der Waals surface area contributed by atoms with Gasteiger partial charge in [0.05, 0.1) is 34.8 Å². The van der Waals surface area contributed by atoms with Gasteiger partial charge in [-0.2, -0.15) is 5.10 Å². The van der Waals surface area contributed by atoms with Crippen LogP contribution >= 0.6 is 11.6 Å². The summed E-state index contributed by atoms with van der Waals surface area (Å²) in [6.45, 7) is 2.56. The van der Waals surface area contributed by atoms with Crippen LogP contribution in [0.2, 0.25) is 5.02 Å². The van der Waals surface area contributed by atoms with Crippen molar-refractivity contribution in [1.29, 1.82) is 0 Å². The van der Waals surface area contributed by atoms with E-state index >= 15 is 4.39 Å². The molecule has 0 aliphatic heterocycles. The van der Waals surface area contributed by atoms with Crippen LogP contribution in [0, 0.1) is 5.82 Å². The van der Waals surface area contributed by atoms with Crippen molar-refractivity contribution in [2.24, 2.45) is 0 Å². The molecule has 0 aliphatic rings. The van der Waals surface area contributed by atoms with Gasteiger partial charge in [0.25, 0.3) is 0 Å². The number of nitrogens with two attached hydrogens (primary N) is 1. The van der Waals surface area contributed by atoms with Crippen molar-refractivity contribution in [1.82, 2.24) is 24.6 Å². The van der Waals surface area contributed by atoms with Crippen LogP contribution in [-0.2, 0) is 0 Å². The van der Waals surface area contributed by atoms with E-state index in [2.05, 4.69) is 20.2 Å². The highest BCUT2D eigenvalue weighted by Gasteiger charge is 2.23. The molecule has 4 aromatic rings. The monoisotopic (exact) mass is 359 g/mol. The Morgan fingerprint density at radius 2 is 2.16 bits per heavy atom. The summed E-state index contributed by atoms with van der Waals surface area (Å²) in [5.74, 6) is -0.130. The fourth-order valence-electron chi connectivity index (χ4n) is 2.91. The van der Waals surface area contributed by atoms with Crippen LogP contribution in [0.5, 0.6) is 0 Å². The summed E-state index contributed by atoms with van der Waals surface area (Å²) in [7, 11) is 1.80. The summed E-state index contributed by atoms with van der Waals surface area (Å²) in [5, 5.41) is 7.64. The van der Waals surface area contributed by atoms with Crippen molar-refractivity contribution in [3.63, 3.8) is 0 Å². The van der Waals surface area contributed by atoms with Gasteiger partial charge in [0, 0.05) is 30.7 Å². The molecule has 0 unspecified atom stereocenters. The summed E-state index contributed by atoms with van der Waals surface area (Å²) in [5.41, 5.74) is 8.26. The van der Waals surface area contributed by atoms with E-state index in [0.717, 1.165) is 0 Å². The Morgan fingerprint density at radius 1 is 1.36 bits per heavy atom. The van der Waals surface area contributed by atoms with Crippen LogP contribution in [0.25, 0.3) is 27.8 Å². The summed E-state index contributed by atoms with van der Waals surface area (Å²) in [4.78, 5) is 10.3. The lowest BCUT2D eigenvalue weighted by molar-refractivity contribution is 0.626. The number of H-pyrrole nitrogens is 1. The maximum atomic E-state index is 15.0. The van der Waals surface area contributed by atoms with E-state index in [1.165, 1.54) is 0 Å². The minimum atomic E-state index is -0.509. The van der Waals surface area contributed by atoms with Crippen molar-refractivity contribution in [3.8, 4) is 11.3 Å². The van der Waals surface area contributed by atoms with E-state index in [4.69, 9.17) is 17.3 Å². The van der Waals surface area contributed by atoms with Crippen LogP contribution < -0.4 is 10.6 Å². The second-order valence-corrected chi connectivity index (χ2v) is 6.11. The van der Waals surface area contributed by atoms with Gasteiger partial charge in [-0.1, -0.05) is 11.6 Å². The third-order valence-electron chi connectivity index (χ3n) is 4.24. The smallest absolute Gasteiger partial charge is 0.167 e. The molecule has 7 nitrogen and oxygen atoms in total. The van der Waals surface area contributed by atoms with Gasteiger partial charge in [-0.3, -0.25) is 10.1 Å². The van der Waals surface area contributed by atoms with Gasteiger partial charge < -0.3 is 15.0 Å². The van der Waals surface area contributed by atoms with Gasteiger partial charge in [0.2, 0.25) is 0 Å². The fourth-order valence-corrected chi connectivity index (χ4v) is 3.20. The van der Waals surface area contributed by atoms with Crippen LogP contribution in [-0.4, -0.2) is 38.2 Å². The molecule has 3 N–H and O–H groups in total. The maximum absolute atomic E-state index is 15.0. The second kappa shape index (κ2) is 5.59. The third kappa shape index (κ3) is 2.29. The number of benzene rings is 1. The first-order valence-corrected chi connectivity index (χ1v) is 8.04. The number of halogens is 2. The predicted molar refractivity (Wildman–Crippen MR) is 96.4 cm³/mol. The first-order valence-electron chi connectivity index (χ1n) is 7.67. The Kier molecular flexibility index (Phi) is 3.50. The summed E-state index contributed by atoms with van der Waals surface area (Å²) in [6, 6.07) is 0. The van der Waals surface area contributed by atoms with Gasteiger partial charge >= 0.3 is 0 Å². The van der Waals surface area contributed by atoms with E-state index < -0.39 is 5.82 Å². The number of aromatic amines is 1. The van der Waals surface area contributed by atoms with Crippen molar-refractivity contribution < 1.29 is 4.39 Å². The molecule has 0 bridgehead atoms. The van der Waals surface area contributed by atoms with Crippen molar-refractivity contribution in [2.75, 3.05) is 24.2 Å². The molecule has 0 fully saturated rings. The molecule has 4 rings (SSSR count). The fraction of sp³-hybridized carbons (Fsp3) is 0.188. The quantitative estimate of drug-likeness (QED) is 0.586. The molecule has 25 heavy (non-hydrogen) atoms. The zero-order valence-electron chi connectivity index (χ0n) is 13.6. The highest BCUT2D eigenvalue weighted by atomic mass is 35.5. The number of nitrogens with zero attached hydrogens (tertiary/aromatic N) is 5. The molecule has 3 heterocycles. The van der Waals surface area contributed by atoms with Crippen molar-refractivity contribution in [3.05, 3.63) is 35.6 Å². The van der Waals surface area contributed by atoms with Gasteiger partial charge in [0.1, 0.15) is 11.5 Å². The Bertz CT molecular complexity index is 1100. The molecule has 0 atom stereocenters. The Hall–Kier alpha value is -2.87. The number of hydrogen-bond donors (Lipinski definition) is 2. The lowest BCUT2D eigenvalue weighted by Crippen LogP contribution is -2.18. The highest BCUT2D eigenvalue weighted by Crippen LogP contribution is 2.41. The Morgan fingerprint density at radius 3 is 2.92 bits per heavy atom. The molecule has 1 aromatic carbocycles. The molecule has 0 amide bonds. The van der Waals surface area contributed by atoms with E-state index in [0.29, 0.717) is 45.9 Å². The average molecular weight is 360 g/mol. The first kappa shape index (κ1) is 15.6. The van der Waals surface area contributed by atoms with Gasteiger partial charge in [-0.05, 0) is 6.92 Å².